The number of nitro groups is 1. The summed E-state index contributed by atoms with van der Waals surface area (Å²) in [6.07, 6.45) is 3.86. The first-order chi connectivity index (χ1) is 19.8. The molecule has 0 saturated heterocycles. The molecule has 4 aromatic rings. The fourth-order valence-corrected chi connectivity index (χ4v) is 3.62. The van der Waals surface area contributed by atoms with Gasteiger partial charge in [-0.25, -0.2) is 10.2 Å². The van der Waals surface area contributed by atoms with Crippen LogP contribution in [0.4, 0.5) is 11.4 Å². The summed E-state index contributed by atoms with van der Waals surface area (Å²) in [6, 6.07) is 25.1. The van der Waals surface area contributed by atoms with Gasteiger partial charge in [0, 0.05) is 45.6 Å². The zero-order valence-corrected chi connectivity index (χ0v) is 21.9. The predicted molar refractivity (Wildman–Crippen MR) is 155 cm³/mol. The normalized spacial score (nSPS) is 10.9. The predicted octanol–water partition coefficient (Wildman–Crippen LogP) is 5.88. The average Bonchev–Trinajstić information content (AvgIpc) is 2.97. The molecule has 0 spiro atoms. The van der Waals surface area contributed by atoms with Crippen molar-refractivity contribution in [1.82, 2.24) is 5.43 Å². The molecule has 0 saturated carbocycles. The Balaban J connectivity index is 1.36. The molecule has 2 amide bonds. The number of hydrogen-bond acceptors (Lipinski definition) is 7. The molecule has 10 nitrogen and oxygen atoms in total. The van der Waals surface area contributed by atoms with Crippen molar-refractivity contribution in [1.29, 1.82) is 0 Å². The average molecular weight is 569 g/mol. The maximum atomic E-state index is 12.6. The molecule has 0 aliphatic heterocycles. The van der Waals surface area contributed by atoms with E-state index in [9.17, 15) is 24.5 Å². The number of amides is 2. The summed E-state index contributed by atoms with van der Waals surface area (Å²) in [5, 5.41) is 18.1. The number of nitro benzene ring substituents is 1. The van der Waals surface area contributed by atoms with Gasteiger partial charge >= 0.3 is 5.97 Å². The summed E-state index contributed by atoms with van der Waals surface area (Å²) in [7, 11) is 0. The minimum Gasteiger partial charge on any atom is -0.423 e. The SMILES string of the molecule is O=C(/C=C/c1cccc([N+](=O)[O-])c1)Oc1ccccc1C=NNC(=O)c1cccc(NC(=O)c2ccc(Cl)cc2)c1. The van der Waals surface area contributed by atoms with Crippen molar-refractivity contribution >= 4 is 53.0 Å². The minimum atomic E-state index is -0.709. The maximum absolute atomic E-state index is 12.6. The molecule has 0 atom stereocenters. The lowest BCUT2D eigenvalue weighted by molar-refractivity contribution is -0.384. The number of carbonyl (C=O) groups is 3. The Morgan fingerprint density at radius 3 is 2.39 bits per heavy atom. The molecule has 0 unspecified atom stereocenters. The van der Waals surface area contributed by atoms with Crippen molar-refractivity contribution in [2.24, 2.45) is 5.10 Å². The number of para-hydroxylation sites is 1. The number of non-ortho nitro benzene ring substituents is 1. The Morgan fingerprint density at radius 2 is 1.61 bits per heavy atom. The summed E-state index contributed by atoms with van der Waals surface area (Å²) in [4.78, 5) is 47.8. The Morgan fingerprint density at radius 1 is 0.854 bits per heavy atom. The second-order valence-corrected chi connectivity index (χ2v) is 8.82. The molecule has 4 rings (SSSR count). The summed E-state index contributed by atoms with van der Waals surface area (Å²) < 4.78 is 5.37. The number of esters is 1. The highest BCUT2D eigenvalue weighted by molar-refractivity contribution is 6.30. The van der Waals surface area contributed by atoms with Crippen molar-refractivity contribution in [2.45, 2.75) is 0 Å². The van der Waals surface area contributed by atoms with E-state index in [1.54, 1.807) is 72.8 Å². The molecule has 0 aliphatic carbocycles. The number of halogens is 1. The number of nitrogens with zero attached hydrogens (tertiary/aromatic N) is 2. The Hall–Kier alpha value is -5.61. The zero-order valence-electron chi connectivity index (χ0n) is 21.2. The molecule has 0 aromatic heterocycles. The summed E-state index contributed by atoms with van der Waals surface area (Å²) in [5.74, 6) is -1.41. The molecular weight excluding hydrogens is 548 g/mol. The summed E-state index contributed by atoms with van der Waals surface area (Å²) >= 11 is 5.86. The van der Waals surface area contributed by atoms with E-state index < -0.39 is 16.8 Å². The standard InChI is InChI=1S/C30H21ClN4O6/c31-24-14-12-21(13-15-24)29(37)33-25-8-4-7-22(18-25)30(38)34-32-19-23-6-1-2-10-27(23)41-28(36)16-11-20-5-3-9-26(17-20)35(39)40/h1-19H,(H,33,37)(H,34,38)/b16-11+,32-19?. The number of rotatable bonds is 9. The van der Waals surface area contributed by atoms with Gasteiger partial charge in [-0.3, -0.25) is 19.7 Å². The molecule has 0 bridgehead atoms. The van der Waals surface area contributed by atoms with Gasteiger partial charge in [0.2, 0.25) is 0 Å². The summed E-state index contributed by atoms with van der Waals surface area (Å²) in [6.45, 7) is 0. The van der Waals surface area contributed by atoms with Gasteiger partial charge in [0.05, 0.1) is 11.1 Å². The quantitative estimate of drug-likeness (QED) is 0.0645. The topological polar surface area (TPSA) is 140 Å². The number of hydrazone groups is 1. The molecule has 0 aliphatic rings. The number of carbonyl (C=O) groups excluding carboxylic acids is 3. The lowest BCUT2D eigenvalue weighted by Gasteiger charge is -2.07. The van der Waals surface area contributed by atoms with Gasteiger partial charge < -0.3 is 10.1 Å². The van der Waals surface area contributed by atoms with Crippen molar-refractivity contribution in [3.63, 3.8) is 0 Å². The van der Waals surface area contributed by atoms with Crippen LogP contribution in [-0.2, 0) is 4.79 Å². The number of ether oxygens (including phenoxy) is 1. The van der Waals surface area contributed by atoms with Crippen LogP contribution in [0.15, 0.2) is 108 Å². The molecule has 2 N–H and O–H groups in total. The van der Waals surface area contributed by atoms with Crippen LogP contribution in [0.3, 0.4) is 0 Å². The highest BCUT2D eigenvalue weighted by atomic mass is 35.5. The Bertz CT molecular complexity index is 1670. The number of hydrogen-bond donors (Lipinski definition) is 2. The second kappa shape index (κ2) is 13.5. The van der Waals surface area contributed by atoms with E-state index in [-0.39, 0.29) is 22.9 Å². The second-order valence-electron chi connectivity index (χ2n) is 8.39. The molecule has 4 aromatic carbocycles. The lowest BCUT2D eigenvalue weighted by Crippen LogP contribution is -2.18. The smallest absolute Gasteiger partial charge is 0.336 e. The monoisotopic (exact) mass is 568 g/mol. The zero-order chi connectivity index (χ0) is 29.2. The van der Waals surface area contributed by atoms with Crippen molar-refractivity contribution in [3.05, 3.63) is 141 Å². The van der Waals surface area contributed by atoms with Gasteiger partial charge in [0.15, 0.2) is 0 Å². The third kappa shape index (κ3) is 8.19. The Kier molecular flexibility index (Phi) is 9.32. The fraction of sp³-hybridized carbons (Fsp3) is 0. The first kappa shape index (κ1) is 28.4. The van der Waals surface area contributed by atoms with Crippen molar-refractivity contribution in [2.75, 3.05) is 5.32 Å². The molecule has 41 heavy (non-hydrogen) atoms. The van der Waals surface area contributed by atoms with Gasteiger partial charge in [0.1, 0.15) is 5.75 Å². The lowest BCUT2D eigenvalue weighted by atomic mass is 10.1. The molecule has 0 radical (unpaired) electrons. The Labute approximate surface area is 239 Å². The molecular formula is C30H21ClN4O6. The molecule has 11 heteroatoms. The fourth-order valence-electron chi connectivity index (χ4n) is 3.50. The molecule has 0 fully saturated rings. The van der Waals surface area contributed by atoms with E-state index in [1.165, 1.54) is 36.6 Å². The van der Waals surface area contributed by atoms with Gasteiger partial charge in [-0.1, -0.05) is 41.9 Å². The van der Waals surface area contributed by atoms with Crippen LogP contribution in [0.1, 0.15) is 31.8 Å². The first-order valence-electron chi connectivity index (χ1n) is 12.0. The highest BCUT2D eigenvalue weighted by Gasteiger charge is 2.10. The van der Waals surface area contributed by atoms with E-state index in [4.69, 9.17) is 16.3 Å². The molecule has 204 valence electrons. The maximum Gasteiger partial charge on any atom is 0.336 e. The van der Waals surface area contributed by atoms with Crippen LogP contribution in [0.2, 0.25) is 5.02 Å². The van der Waals surface area contributed by atoms with Crippen LogP contribution in [0, 0.1) is 10.1 Å². The van der Waals surface area contributed by atoms with E-state index in [2.05, 4.69) is 15.8 Å². The summed E-state index contributed by atoms with van der Waals surface area (Å²) in [5.41, 5.74) is 4.25. The van der Waals surface area contributed by atoms with E-state index in [1.807, 2.05) is 0 Å². The van der Waals surface area contributed by atoms with Gasteiger partial charge in [-0.15, -0.1) is 0 Å². The van der Waals surface area contributed by atoms with E-state index in [0.717, 1.165) is 6.08 Å². The number of benzene rings is 4. The van der Waals surface area contributed by atoms with Crippen LogP contribution in [0.5, 0.6) is 5.75 Å². The number of nitrogens with one attached hydrogen (secondary N) is 2. The van der Waals surface area contributed by atoms with Gasteiger partial charge in [-0.2, -0.15) is 5.10 Å². The van der Waals surface area contributed by atoms with Crippen molar-refractivity contribution < 1.29 is 24.0 Å². The first-order valence-corrected chi connectivity index (χ1v) is 12.4. The van der Waals surface area contributed by atoms with Crippen LogP contribution in [0.25, 0.3) is 6.08 Å². The third-order valence-electron chi connectivity index (χ3n) is 5.48. The van der Waals surface area contributed by atoms with Gasteiger partial charge in [-0.05, 0) is 66.2 Å². The number of anilines is 1. The molecule has 0 heterocycles. The van der Waals surface area contributed by atoms with Gasteiger partial charge in [0.25, 0.3) is 17.5 Å². The van der Waals surface area contributed by atoms with Crippen LogP contribution in [-0.4, -0.2) is 28.9 Å². The van der Waals surface area contributed by atoms with Crippen LogP contribution >= 0.6 is 11.6 Å². The third-order valence-corrected chi connectivity index (χ3v) is 5.73. The van der Waals surface area contributed by atoms with Crippen LogP contribution < -0.4 is 15.5 Å². The highest BCUT2D eigenvalue weighted by Crippen LogP contribution is 2.18. The van der Waals surface area contributed by atoms with Crippen molar-refractivity contribution in [3.8, 4) is 5.75 Å². The largest absolute Gasteiger partial charge is 0.423 e. The minimum absolute atomic E-state index is 0.0986. The van der Waals surface area contributed by atoms with E-state index in [0.29, 0.717) is 27.4 Å². The van der Waals surface area contributed by atoms with E-state index >= 15 is 0 Å².